The van der Waals surface area contributed by atoms with Gasteiger partial charge in [-0.2, -0.15) is 5.26 Å². The summed E-state index contributed by atoms with van der Waals surface area (Å²) in [4.78, 5) is 3.63. The van der Waals surface area contributed by atoms with Crippen LogP contribution in [0.15, 0.2) is 12.2 Å². The summed E-state index contributed by atoms with van der Waals surface area (Å²) < 4.78 is 0. The van der Waals surface area contributed by atoms with E-state index >= 15 is 0 Å². The van der Waals surface area contributed by atoms with E-state index in [4.69, 9.17) is 0 Å². The van der Waals surface area contributed by atoms with E-state index in [2.05, 4.69) is 28.4 Å². The van der Waals surface area contributed by atoms with Crippen LogP contribution in [-0.4, -0.2) is 19.6 Å². The molecule has 2 aliphatic heterocycles. The second-order valence-electron chi connectivity index (χ2n) is 4.10. The number of nitrogens with one attached hydrogen (secondary N) is 1. The lowest BCUT2D eigenvalue weighted by molar-refractivity contribution is 0.654. The smallest absolute Gasteiger partial charge is 0.110 e. The summed E-state index contributed by atoms with van der Waals surface area (Å²) in [5, 5.41) is 13.8. The first-order valence-electron chi connectivity index (χ1n) is 5.55. The van der Waals surface area contributed by atoms with E-state index in [1.165, 1.54) is 15.4 Å². The van der Waals surface area contributed by atoms with E-state index < -0.39 is 0 Å². The normalized spacial score (nSPS) is 18.6. The van der Waals surface area contributed by atoms with Crippen molar-refractivity contribution in [3.05, 3.63) is 28.2 Å². The monoisotopic (exact) mass is 231 g/mol. The van der Waals surface area contributed by atoms with Crippen LogP contribution in [0.4, 0.5) is 5.00 Å². The van der Waals surface area contributed by atoms with Gasteiger partial charge in [-0.15, -0.1) is 11.3 Å². The van der Waals surface area contributed by atoms with Crippen molar-refractivity contribution in [1.82, 2.24) is 5.32 Å². The molecule has 1 aromatic rings. The maximum atomic E-state index is 9.31. The van der Waals surface area contributed by atoms with E-state index in [1.807, 2.05) is 0 Å². The number of hydrogen-bond donors (Lipinski definition) is 1. The van der Waals surface area contributed by atoms with Gasteiger partial charge in [0.25, 0.3) is 0 Å². The molecule has 0 saturated heterocycles. The first-order chi connectivity index (χ1) is 7.90. The lowest BCUT2D eigenvalue weighted by Gasteiger charge is -2.15. The molecule has 3 heterocycles. The van der Waals surface area contributed by atoms with Crippen LogP contribution in [0.5, 0.6) is 0 Å². The van der Waals surface area contributed by atoms with Crippen LogP contribution >= 0.6 is 11.3 Å². The van der Waals surface area contributed by atoms with Crippen LogP contribution in [0.2, 0.25) is 0 Å². The zero-order valence-electron chi connectivity index (χ0n) is 8.99. The SMILES string of the molecule is N#Cc1c(N2CC=CC2)sc2c1CCNC2. The number of fused-ring (bicyclic) bond motifs is 1. The molecule has 82 valence electrons. The number of nitriles is 1. The lowest BCUT2D eigenvalue weighted by atomic mass is 10.0. The Kier molecular flexibility index (Phi) is 2.43. The molecule has 0 aromatic carbocycles. The van der Waals surface area contributed by atoms with Crippen molar-refractivity contribution < 1.29 is 0 Å². The highest BCUT2D eigenvalue weighted by molar-refractivity contribution is 7.16. The molecule has 0 atom stereocenters. The van der Waals surface area contributed by atoms with Crippen LogP contribution in [0, 0.1) is 11.3 Å². The fourth-order valence-electron chi connectivity index (χ4n) is 2.30. The predicted octanol–water partition coefficient (Wildman–Crippen LogP) is 1.64. The van der Waals surface area contributed by atoms with Gasteiger partial charge in [0.15, 0.2) is 0 Å². The molecule has 0 amide bonds. The molecule has 0 unspecified atom stereocenters. The summed E-state index contributed by atoms with van der Waals surface area (Å²) in [5.41, 5.74) is 2.21. The predicted molar refractivity (Wildman–Crippen MR) is 65.8 cm³/mol. The van der Waals surface area contributed by atoms with Crippen molar-refractivity contribution in [3.63, 3.8) is 0 Å². The Labute approximate surface area is 99.0 Å². The van der Waals surface area contributed by atoms with Gasteiger partial charge in [0.2, 0.25) is 0 Å². The Hall–Kier alpha value is -1.31. The second kappa shape index (κ2) is 3.93. The van der Waals surface area contributed by atoms with Crippen molar-refractivity contribution in [3.8, 4) is 6.07 Å². The third kappa shape index (κ3) is 1.44. The molecule has 0 radical (unpaired) electrons. The number of anilines is 1. The van der Waals surface area contributed by atoms with Gasteiger partial charge in [-0.1, -0.05) is 12.2 Å². The minimum absolute atomic E-state index is 0.921. The van der Waals surface area contributed by atoms with Crippen LogP contribution in [0.1, 0.15) is 16.0 Å². The Morgan fingerprint density at radius 3 is 2.94 bits per heavy atom. The van der Waals surface area contributed by atoms with E-state index in [9.17, 15) is 5.26 Å². The summed E-state index contributed by atoms with van der Waals surface area (Å²) in [6, 6.07) is 2.39. The maximum Gasteiger partial charge on any atom is 0.110 e. The van der Waals surface area contributed by atoms with Crippen LogP contribution in [-0.2, 0) is 13.0 Å². The average Bonchev–Trinajstić information content (AvgIpc) is 2.95. The highest BCUT2D eigenvalue weighted by Crippen LogP contribution is 2.37. The zero-order valence-corrected chi connectivity index (χ0v) is 9.81. The van der Waals surface area contributed by atoms with Crippen molar-refractivity contribution in [2.24, 2.45) is 0 Å². The van der Waals surface area contributed by atoms with Crippen molar-refractivity contribution in [2.45, 2.75) is 13.0 Å². The molecule has 2 aliphatic rings. The third-order valence-corrected chi connectivity index (χ3v) is 4.42. The van der Waals surface area contributed by atoms with Crippen molar-refractivity contribution in [2.75, 3.05) is 24.5 Å². The van der Waals surface area contributed by atoms with Crippen molar-refractivity contribution >= 4 is 16.3 Å². The summed E-state index contributed by atoms with van der Waals surface area (Å²) in [5.74, 6) is 0. The summed E-state index contributed by atoms with van der Waals surface area (Å²) in [6.45, 7) is 3.81. The maximum absolute atomic E-state index is 9.31. The van der Waals surface area contributed by atoms with E-state index in [-0.39, 0.29) is 0 Å². The van der Waals surface area contributed by atoms with E-state index in [0.29, 0.717) is 0 Å². The van der Waals surface area contributed by atoms with Crippen LogP contribution in [0.3, 0.4) is 0 Å². The molecule has 0 bridgehead atoms. The largest absolute Gasteiger partial charge is 0.355 e. The molecule has 1 aromatic heterocycles. The topological polar surface area (TPSA) is 39.1 Å². The summed E-state index contributed by atoms with van der Waals surface area (Å²) in [7, 11) is 0. The van der Waals surface area contributed by atoms with Gasteiger partial charge in [0.1, 0.15) is 11.1 Å². The quantitative estimate of drug-likeness (QED) is 0.747. The first kappa shape index (κ1) is 9.88. The number of hydrogen-bond acceptors (Lipinski definition) is 4. The summed E-state index contributed by atoms with van der Waals surface area (Å²) >= 11 is 1.78. The molecular formula is C12H13N3S. The molecule has 0 saturated carbocycles. The highest BCUT2D eigenvalue weighted by atomic mass is 32.1. The Bertz CT molecular complexity index is 473. The van der Waals surface area contributed by atoms with Crippen LogP contribution in [0.25, 0.3) is 0 Å². The molecule has 4 heteroatoms. The van der Waals surface area contributed by atoms with E-state index in [0.717, 1.165) is 38.2 Å². The molecule has 0 spiro atoms. The molecular weight excluding hydrogens is 218 g/mol. The molecule has 0 fully saturated rings. The molecule has 3 rings (SSSR count). The number of thiophene rings is 1. The molecule has 1 N–H and O–H groups in total. The van der Waals surface area contributed by atoms with Gasteiger partial charge >= 0.3 is 0 Å². The Morgan fingerprint density at radius 1 is 1.38 bits per heavy atom. The molecule has 3 nitrogen and oxygen atoms in total. The minimum Gasteiger partial charge on any atom is -0.355 e. The fraction of sp³-hybridized carbons (Fsp3) is 0.417. The lowest BCUT2D eigenvalue weighted by Crippen LogP contribution is -2.22. The summed E-state index contributed by atoms with van der Waals surface area (Å²) in [6.07, 6.45) is 5.33. The standard InChI is InChI=1S/C12H13N3S/c13-7-10-9-3-4-14-8-11(9)16-12(10)15-5-1-2-6-15/h1-2,14H,3-6,8H2. The number of rotatable bonds is 1. The van der Waals surface area contributed by atoms with Gasteiger partial charge in [0, 0.05) is 24.5 Å². The minimum atomic E-state index is 0.921. The highest BCUT2D eigenvalue weighted by Gasteiger charge is 2.23. The van der Waals surface area contributed by atoms with Gasteiger partial charge < -0.3 is 10.2 Å². The van der Waals surface area contributed by atoms with E-state index in [1.54, 1.807) is 11.3 Å². The van der Waals surface area contributed by atoms with Gasteiger partial charge in [-0.05, 0) is 18.5 Å². The average molecular weight is 231 g/mol. The van der Waals surface area contributed by atoms with Crippen molar-refractivity contribution in [1.29, 1.82) is 5.26 Å². The van der Waals surface area contributed by atoms with Gasteiger partial charge in [0.05, 0.1) is 5.56 Å². The fourth-order valence-corrected chi connectivity index (χ4v) is 3.59. The molecule has 16 heavy (non-hydrogen) atoms. The third-order valence-electron chi connectivity index (χ3n) is 3.13. The second-order valence-corrected chi connectivity index (χ2v) is 5.18. The van der Waals surface area contributed by atoms with Gasteiger partial charge in [-0.25, -0.2) is 0 Å². The van der Waals surface area contributed by atoms with Gasteiger partial charge in [-0.3, -0.25) is 0 Å². The Morgan fingerprint density at radius 2 is 2.19 bits per heavy atom. The molecule has 0 aliphatic carbocycles. The first-order valence-corrected chi connectivity index (χ1v) is 6.37. The zero-order chi connectivity index (χ0) is 11.0. The Balaban J connectivity index is 2.04. The number of nitrogens with zero attached hydrogens (tertiary/aromatic N) is 2. The van der Waals surface area contributed by atoms with Crippen LogP contribution < -0.4 is 10.2 Å².